The zero-order valence-corrected chi connectivity index (χ0v) is 35.5. The van der Waals surface area contributed by atoms with Gasteiger partial charge in [-0.1, -0.05) is 152 Å². The number of rotatable bonds is 7. The molecule has 13 aromatic rings. The monoisotopic (exact) mass is 834 g/mol. The van der Waals surface area contributed by atoms with Crippen LogP contribution < -0.4 is 4.90 Å². The smallest absolute Gasteiger partial charge is 0.143 e. The highest BCUT2D eigenvalue weighted by molar-refractivity contribution is 7.25. The molecule has 0 saturated carbocycles. The molecule has 0 aliphatic carbocycles. The van der Waals surface area contributed by atoms with Gasteiger partial charge in [0.1, 0.15) is 11.2 Å². The van der Waals surface area contributed by atoms with E-state index < -0.39 is 0 Å². The number of benzene rings is 10. The van der Waals surface area contributed by atoms with E-state index in [4.69, 9.17) is 4.42 Å². The van der Waals surface area contributed by atoms with Crippen molar-refractivity contribution in [3.8, 4) is 39.1 Å². The average Bonchev–Trinajstić information content (AvgIpc) is 4.04. The third-order valence-corrected chi connectivity index (χ3v) is 13.9. The second-order valence-electron chi connectivity index (χ2n) is 16.5. The number of fused-ring (bicyclic) bond motifs is 9. The van der Waals surface area contributed by atoms with Gasteiger partial charge in [0.25, 0.3) is 0 Å². The van der Waals surface area contributed by atoms with Gasteiger partial charge in [0, 0.05) is 70.0 Å². The van der Waals surface area contributed by atoms with Crippen LogP contribution in [-0.4, -0.2) is 4.57 Å². The number of furan rings is 1. The van der Waals surface area contributed by atoms with Crippen molar-refractivity contribution < 1.29 is 4.42 Å². The number of nitrogens with zero attached hydrogens (tertiary/aromatic N) is 2. The zero-order chi connectivity index (χ0) is 42.1. The molecule has 4 heteroatoms. The Morgan fingerprint density at radius 2 is 0.906 bits per heavy atom. The number of aromatic nitrogens is 1. The van der Waals surface area contributed by atoms with E-state index in [9.17, 15) is 0 Å². The van der Waals surface area contributed by atoms with E-state index in [1.165, 1.54) is 53.1 Å². The molecule has 3 heterocycles. The summed E-state index contributed by atoms with van der Waals surface area (Å²) in [6.45, 7) is 0. The summed E-state index contributed by atoms with van der Waals surface area (Å²) in [5, 5.41) is 7.36. The quantitative estimate of drug-likeness (QED) is 0.159. The first kappa shape index (κ1) is 36.5. The lowest BCUT2D eigenvalue weighted by atomic mass is 10.00. The number of thiophene rings is 1. The first-order chi connectivity index (χ1) is 31.7. The molecular formula is C60H38N2OS. The Morgan fingerprint density at radius 3 is 1.64 bits per heavy atom. The lowest BCUT2D eigenvalue weighted by Gasteiger charge is -2.26. The van der Waals surface area contributed by atoms with Gasteiger partial charge in [-0.05, 0) is 107 Å². The highest BCUT2D eigenvalue weighted by Gasteiger charge is 2.18. The Hall–Kier alpha value is -8.18. The Bertz CT molecular complexity index is 3840. The average molecular weight is 835 g/mol. The molecule has 0 fully saturated rings. The van der Waals surface area contributed by atoms with Crippen LogP contribution in [-0.2, 0) is 0 Å². The molecule has 0 atom stereocenters. The highest BCUT2D eigenvalue weighted by Crippen LogP contribution is 2.43. The van der Waals surface area contributed by atoms with Crippen molar-refractivity contribution in [2.45, 2.75) is 0 Å². The van der Waals surface area contributed by atoms with E-state index in [1.807, 2.05) is 17.4 Å². The summed E-state index contributed by atoms with van der Waals surface area (Å²) in [5.74, 6) is 0. The lowest BCUT2D eigenvalue weighted by molar-refractivity contribution is 0.670. The van der Waals surface area contributed by atoms with Crippen LogP contribution in [0.4, 0.5) is 17.1 Å². The third kappa shape index (κ3) is 5.95. The second-order valence-corrected chi connectivity index (χ2v) is 17.6. The minimum Gasteiger partial charge on any atom is -0.455 e. The van der Waals surface area contributed by atoms with Crippen molar-refractivity contribution in [3.63, 3.8) is 0 Å². The third-order valence-electron chi connectivity index (χ3n) is 12.8. The van der Waals surface area contributed by atoms with E-state index >= 15 is 0 Å². The molecule has 13 rings (SSSR count). The van der Waals surface area contributed by atoms with Gasteiger partial charge in [0.15, 0.2) is 0 Å². The Labute approximate surface area is 373 Å². The molecule has 0 spiro atoms. The van der Waals surface area contributed by atoms with Gasteiger partial charge in [-0.3, -0.25) is 0 Å². The Balaban J connectivity index is 0.882. The molecule has 0 bridgehead atoms. The molecule has 0 aliphatic rings. The summed E-state index contributed by atoms with van der Waals surface area (Å²) in [4.78, 5) is 2.38. The molecule has 0 N–H and O–H groups in total. The maximum absolute atomic E-state index is 6.51. The SMILES string of the molecule is c1ccc(-c2cccc3c2oc2ccc(-c4ccc(N(c5ccc(-c6cccc(-n7c8ccccc8c8ccccc87)c6)cc5)c5ccc6c(c5)sc5ccccc56)cc4)cc23)cc1. The molecule has 0 unspecified atom stereocenters. The van der Waals surface area contributed by atoms with E-state index in [0.29, 0.717) is 0 Å². The highest BCUT2D eigenvalue weighted by atomic mass is 32.1. The number of anilines is 3. The van der Waals surface area contributed by atoms with Crippen LogP contribution >= 0.6 is 11.3 Å². The molecular weight excluding hydrogens is 797 g/mol. The maximum Gasteiger partial charge on any atom is 0.143 e. The first-order valence-electron chi connectivity index (χ1n) is 21.7. The van der Waals surface area contributed by atoms with E-state index in [0.717, 1.165) is 66.9 Å². The van der Waals surface area contributed by atoms with Crippen molar-refractivity contribution in [1.82, 2.24) is 4.57 Å². The van der Waals surface area contributed by atoms with Crippen molar-refractivity contribution in [3.05, 3.63) is 231 Å². The fraction of sp³-hybridized carbons (Fsp3) is 0. The van der Waals surface area contributed by atoms with Crippen molar-refractivity contribution in [2.24, 2.45) is 0 Å². The van der Waals surface area contributed by atoms with E-state index in [2.05, 4.69) is 234 Å². The molecule has 10 aromatic carbocycles. The van der Waals surface area contributed by atoms with Crippen molar-refractivity contribution in [2.75, 3.05) is 4.90 Å². The molecule has 300 valence electrons. The summed E-state index contributed by atoms with van der Waals surface area (Å²) >= 11 is 1.85. The van der Waals surface area contributed by atoms with Crippen molar-refractivity contribution >= 4 is 92.3 Å². The number of hydrogen-bond acceptors (Lipinski definition) is 3. The zero-order valence-electron chi connectivity index (χ0n) is 34.7. The summed E-state index contributed by atoms with van der Waals surface area (Å²) in [7, 11) is 0. The van der Waals surface area contributed by atoms with E-state index in [-0.39, 0.29) is 0 Å². The molecule has 0 radical (unpaired) electrons. The van der Waals surface area contributed by atoms with Gasteiger partial charge in [-0.15, -0.1) is 11.3 Å². The summed E-state index contributed by atoms with van der Waals surface area (Å²) in [6, 6.07) is 83.4. The van der Waals surface area contributed by atoms with Gasteiger partial charge < -0.3 is 13.9 Å². The van der Waals surface area contributed by atoms with Gasteiger partial charge >= 0.3 is 0 Å². The molecule has 64 heavy (non-hydrogen) atoms. The van der Waals surface area contributed by atoms with Crippen LogP contribution in [0.25, 0.3) is 103 Å². The fourth-order valence-electron chi connectivity index (χ4n) is 9.76. The Morgan fingerprint density at radius 1 is 0.344 bits per heavy atom. The maximum atomic E-state index is 6.51. The molecule has 0 amide bonds. The van der Waals surface area contributed by atoms with Crippen LogP contribution in [0.3, 0.4) is 0 Å². The molecule has 3 aromatic heterocycles. The first-order valence-corrected chi connectivity index (χ1v) is 22.6. The Kier molecular flexibility index (Phi) is 8.40. The normalized spacial score (nSPS) is 11.8. The number of hydrogen-bond donors (Lipinski definition) is 0. The van der Waals surface area contributed by atoms with Crippen LogP contribution in [0.5, 0.6) is 0 Å². The summed E-state index contributed by atoms with van der Waals surface area (Å²) in [5.41, 5.74) is 15.6. The minimum atomic E-state index is 0.892. The molecule has 3 nitrogen and oxygen atoms in total. The van der Waals surface area contributed by atoms with Crippen LogP contribution in [0.2, 0.25) is 0 Å². The van der Waals surface area contributed by atoms with Crippen LogP contribution in [0.1, 0.15) is 0 Å². The number of para-hydroxylation sites is 3. The lowest BCUT2D eigenvalue weighted by Crippen LogP contribution is -2.09. The van der Waals surface area contributed by atoms with Crippen LogP contribution in [0.15, 0.2) is 235 Å². The predicted molar refractivity (Wildman–Crippen MR) is 272 cm³/mol. The van der Waals surface area contributed by atoms with Gasteiger partial charge in [0.2, 0.25) is 0 Å². The molecule has 0 aliphatic heterocycles. The topological polar surface area (TPSA) is 21.3 Å². The summed E-state index contributed by atoms with van der Waals surface area (Å²) < 4.78 is 11.5. The van der Waals surface area contributed by atoms with Crippen LogP contribution in [0, 0.1) is 0 Å². The van der Waals surface area contributed by atoms with Gasteiger partial charge in [-0.2, -0.15) is 0 Å². The van der Waals surface area contributed by atoms with Gasteiger partial charge in [0.05, 0.1) is 11.0 Å². The predicted octanol–water partition coefficient (Wildman–Crippen LogP) is 17.5. The van der Waals surface area contributed by atoms with E-state index in [1.54, 1.807) is 0 Å². The second kappa shape index (κ2) is 14.7. The minimum absolute atomic E-state index is 0.892. The molecule has 0 saturated heterocycles. The standard InChI is InChI=1S/C60H38N2OS/c1-2-12-41(13-3-1)48-19-11-20-53-54-37-43(28-35-57(54)63-60(48)53)40-26-31-45(32-27-40)61(47-33-34-52-51-18-6-9-23-58(51)64-59(52)38-47)44-29-24-39(25-30-44)42-14-10-15-46(36-42)62-55-21-7-4-16-49(55)50-17-5-8-22-56(50)62/h1-38H. The summed E-state index contributed by atoms with van der Waals surface area (Å²) in [6.07, 6.45) is 0. The largest absolute Gasteiger partial charge is 0.455 e. The fourth-order valence-corrected chi connectivity index (χ4v) is 10.9. The van der Waals surface area contributed by atoms with Crippen molar-refractivity contribution in [1.29, 1.82) is 0 Å². The van der Waals surface area contributed by atoms with Gasteiger partial charge in [-0.25, -0.2) is 0 Å².